The van der Waals surface area contributed by atoms with Crippen LogP contribution in [0.2, 0.25) is 5.02 Å². The van der Waals surface area contributed by atoms with E-state index in [1.54, 1.807) is 0 Å². The molecule has 2 rings (SSSR count). The fourth-order valence-corrected chi connectivity index (χ4v) is 3.81. The molecule has 0 saturated carbocycles. The van der Waals surface area contributed by atoms with Gasteiger partial charge in [-0.3, -0.25) is 4.72 Å². The molecule has 1 atom stereocenters. The summed E-state index contributed by atoms with van der Waals surface area (Å²) in [5.41, 5.74) is -0.0619. The van der Waals surface area contributed by atoms with Gasteiger partial charge in [-0.15, -0.1) is 0 Å². The third-order valence-electron chi connectivity index (χ3n) is 3.05. The van der Waals surface area contributed by atoms with Gasteiger partial charge in [0.1, 0.15) is 5.82 Å². The molecule has 1 aliphatic rings. The van der Waals surface area contributed by atoms with Crippen molar-refractivity contribution in [3.63, 3.8) is 0 Å². The lowest BCUT2D eigenvalue weighted by molar-refractivity contribution is 0.404. The third-order valence-corrected chi connectivity index (χ3v) is 4.73. The standard InChI is InChI=1S/C12H16ClFN2O2S/c13-10-3-4-12(11(14)6-10)16-19(17,18)8-9-2-1-5-15-7-9/h3-4,6,9,15-16H,1-2,5,7-8H2. The zero-order valence-corrected chi connectivity index (χ0v) is 11.9. The molecule has 1 aliphatic heterocycles. The van der Waals surface area contributed by atoms with Crippen molar-refractivity contribution in [1.29, 1.82) is 0 Å². The summed E-state index contributed by atoms with van der Waals surface area (Å²) in [6, 6.07) is 3.86. The van der Waals surface area contributed by atoms with E-state index in [-0.39, 0.29) is 22.4 Å². The first-order chi connectivity index (χ1) is 8.96. The first kappa shape index (κ1) is 14.6. The molecule has 0 amide bonds. The zero-order chi connectivity index (χ0) is 13.9. The average molecular weight is 307 g/mol. The van der Waals surface area contributed by atoms with Crippen LogP contribution in [0.15, 0.2) is 18.2 Å². The van der Waals surface area contributed by atoms with Crippen LogP contribution in [-0.2, 0) is 10.0 Å². The van der Waals surface area contributed by atoms with Crippen molar-refractivity contribution in [1.82, 2.24) is 5.32 Å². The van der Waals surface area contributed by atoms with Gasteiger partial charge < -0.3 is 5.32 Å². The minimum Gasteiger partial charge on any atom is -0.316 e. The maximum atomic E-state index is 13.5. The highest BCUT2D eigenvalue weighted by molar-refractivity contribution is 7.92. The van der Waals surface area contributed by atoms with E-state index in [2.05, 4.69) is 10.0 Å². The van der Waals surface area contributed by atoms with Gasteiger partial charge in [0.25, 0.3) is 0 Å². The van der Waals surface area contributed by atoms with E-state index >= 15 is 0 Å². The zero-order valence-electron chi connectivity index (χ0n) is 10.3. The molecule has 2 N–H and O–H groups in total. The lowest BCUT2D eigenvalue weighted by Gasteiger charge is -2.22. The fraction of sp³-hybridized carbons (Fsp3) is 0.500. The maximum Gasteiger partial charge on any atom is 0.233 e. The Balaban J connectivity index is 2.03. The summed E-state index contributed by atoms with van der Waals surface area (Å²) in [4.78, 5) is 0. The fourth-order valence-electron chi connectivity index (χ4n) is 2.16. The molecular weight excluding hydrogens is 291 g/mol. The number of hydrogen-bond acceptors (Lipinski definition) is 3. The predicted molar refractivity (Wildman–Crippen MR) is 74.4 cm³/mol. The Kier molecular flexibility index (Phi) is 4.65. The van der Waals surface area contributed by atoms with Crippen LogP contribution in [-0.4, -0.2) is 27.3 Å². The smallest absolute Gasteiger partial charge is 0.233 e. The van der Waals surface area contributed by atoms with Gasteiger partial charge in [0.2, 0.25) is 10.0 Å². The summed E-state index contributed by atoms with van der Waals surface area (Å²) >= 11 is 5.62. The third kappa shape index (κ3) is 4.33. The molecular formula is C12H16ClFN2O2S. The molecule has 0 spiro atoms. The van der Waals surface area contributed by atoms with Crippen molar-refractivity contribution in [3.8, 4) is 0 Å². The summed E-state index contributed by atoms with van der Waals surface area (Å²) < 4.78 is 39.7. The van der Waals surface area contributed by atoms with E-state index in [4.69, 9.17) is 11.6 Å². The summed E-state index contributed by atoms with van der Waals surface area (Å²) in [6.45, 7) is 1.61. The van der Waals surface area contributed by atoms with Gasteiger partial charge in [-0.1, -0.05) is 11.6 Å². The van der Waals surface area contributed by atoms with Crippen molar-refractivity contribution in [2.75, 3.05) is 23.6 Å². The molecule has 1 unspecified atom stereocenters. The SMILES string of the molecule is O=S(=O)(CC1CCCNC1)Nc1ccc(Cl)cc1F. The number of hydrogen-bond donors (Lipinski definition) is 2. The Bertz CT molecular complexity index is 545. The Morgan fingerprint density at radius 3 is 2.89 bits per heavy atom. The Morgan fingerprint density at radius 1 is 1.47 bits per heavy atom. The Morgan fingerprint density at radius 2 is 2.26 bits per heavy atom. The maximum absolute atomic E-state index is 13.5. The van der Waals surface area contributed by atoms with Gasteiger partial charge in [0, 0.05) is 5.02 Å². The molecule has 1 heterocycles. The van der Waals surface area contributed by atoms with Crippen molar-refractivity contribution in [2.45, 2.75) is 12.8 Å². The molecule has 1 fully saturated rings. The first-order valence-electron chi connectivity index (χ1n) is 6.12. The summed E-state index contributed by atoms with van der Waals surface area (Å²) in [5.74, 6) is -0.596. The van der Waals surface area contributed by atoms with Crippen LogP contribution in [0.4, 0.5) is 10.1 Å². The van der Waals surface area contributed by atoms with Crippen LogP contribution < -0.4 is 10.0 Å². The Hall–Kier alpha value is -0.850. The van der Waals surface area contributed by atoms with E-state index in [0.29, 0.717) is 6.54 Å². The van der Waals surface area contributed by atoms with Gasteiger partial charge in [-0.05, 0) is 50.0 Å². The van der Waals surface area contributed by atoms with Gasteiger partial charge in [-0.2, -0.15) is 0 Å². The number of piperidine rings is 1. The second kappa shape index (κ2) is 6.07. The van der Waals surface area contributed by atoms with E-state index in [1.807, 2.05) is 0 Å². The number of rotatable bonds is 4. The topological polar surface area (TPSA) is 58.2 Å². The van der Waals surface area contributed by atoms with Crippen LogP contribution in [0.25, 0.3) is 0 Å². The van der Waals surface area contributed by atoms with Crippen LogP contribution in [0.3, 0.4) is 0 Å². The molecule has 1 saturated heterocycles. The van der Waals surface area contributed by atoms with Gasteiger partial charge in [0.15, 0.2) is 0 Å². The molecule has 19 heavy (non-hydrogen) atoms. The lowest BCUT2D eigenvalue weighted by atomic mass is 10.0. The second-order valence-electron chi connectivity index (χ2n) is 4.72. The van der Waals surface area contributed by atoms with Crippen molar-refractivity contribution in [3.05, 3.63) is 29.0 Å². The molecule has 0 aromatic heterocycles. The average Bonchev–Trinajstić information content (AvgIpc) is 2.33. The summed E-state index contributed by atoms with van der Waals surface area (Å²) in [6.07, 6.45) is 1.84. The quantitative estimate of drug-likeness (QED) is 0.897. The van der Waals surface area contributed by atoms with Crippen LogP contribution in [0, 0.1) is 11.7 Å². The lowest BCUT2D eigenvalue weighted by Crippen LogP contribution is -2.35. The molecule has 1 aromatic rings. The monoisotopic (exact) mass is 306 g/mol. The van der Waals surface area contributed by atoms with Gasteiger partial charge in [-0.25, -0.2) is 12.8 Å². The molecule has 0 aliphatic carbocycles. The number of nitrogens with one attached hydrogen (secondary N) is 2. The van der Waals surface area contributed by atoms with Crippen molar-refractivity contribution in [2.24, 2.45) is 5.92 Å². The first-order valence-corrected chi connectivity index (χ1v) is 8.15. The molecule has 0 bridgehead atoms. The van der Waals surface area contributed by atoms with E-state index in [0.717, 1.165) is 25.5 Å². The van der Waals surface area contributed by atoms with Crippen LogP contribution in [0.1, 0.15) is 12.8 Å². The Labute approximate surface area is 117 Å². The number of anilines is 1. The number of sulfonamides is 1. The normalized spacial score (nSPS) is 20.2. The van der Waals surface area contributed by atoms with Crippen molar-refractivity contribution < 1.29 is 12.8 Å². The minimum atomic E-state index is -3.54. The highest BCUT2D eigenvalue weighted by atomic mass is 35.5. The highest BCUT2D eigenvalue weighted by Crippen LogP contribution is 2.21. The second-order valence-corrected chi connectivity index (χ2v) is 6.92. The predicted octanol–water partition coefficient (Wildman–Crippen LogP) is 2.22. The molecule has 7 heteroatoms. The molecule has 1 aromatic carbocycles. The largest absolute Gasteiger partial charge is 0.316 e. The number of halogens is 2. The summed E-state index contributed by atoms with van der Waals surface area (Å²) in [7, 11) is -3.54. The number of benzene rings is 1. The molecule has 106 valence electrons. The van der Waals surface area contributed by atoms with Crippen molar-refractivity contribution >= 4 is 27.3 Å². The van der Waals surface area contributed by atoms with Crippen LogP contribution >= 0.6 is 11.6 Å². The van der Waals surface area contributed by atoms with E-state index in [1.165, 1.54) is 12.1 Å². The minimum absolute atomic E-state index is 0.00205. The van der Waals surface area contributed by atoms with Crippen LogP contribution in [0.5, 0.6) is 0 Å². The molecule has 4 nitrogen and oxygen atoms in total. The van der Waals surface area contributed by atoms with Gasteiger partial charge in [0.05, 0.1) is 11.4 Å². The van der Waals surface area contributed by atoms with E-state index in [9.17, 15) is 12.8 Å². The highest BCUT2D eigenvalue weighted by Gasteiger charge is 2.22. The van der Waals surface area contributed by atoms with Gasteiger partial charge >= 0.3 is 0 Å². The summed E-state index contributed by atoms with van der Waals surface area (Å²) in [5, 5.41) is 3.39. The van der Waals surface area contributed by atoms with E-state index < -0.39 is 15.8 Å². The molecule has 0 radical (unpaired) electrons.